The number of methoxy groups -OCH3 is 1. The summed E-state index contributed by atoms with van der Waals surface area (Å²) in [5, 5.41) is 3.52. The lowest BCUT2D eigenvalue weighted by Crippen LogP contribution is -2.40. The van der Waals surface area contributed by atoms with Crippen LogP contribution in [0.25, 0.3) is 22.6 Å². The van der Waals surface area contributed by atoms with Crippen LogP contribution in [0.15, 0.2) is 30.6 Å². The van der Waals surface area contributed by atoms with E-state index in [9.17, 15) is 0 Å². The molecule has 0 atom stereocenters. The summed E-state index contributed by atoms with van der Waals surface area (Å²) in [6.07, 6.45) is 1.85. The lowest BCUT2D eigenvalue weighted by molar-refractivity contribution is 0.182. The van der Waals surface area contributed by atoms with E-state index in [0.29, 0.717) is 17.9 Å². The molecule has 0 bridgehead atoms. The average molecular weight is 411 g/mol. The van der Waals surface area contributed by atoms with Crippen molar-refractivity contribution in [3.05, 3.63) is 30.6 Å². The third-order valence-corrected chi connectivity index (χ3v) is 5.32. The Hall–Kier alpha value is -2.67. The molecule has 3 rings (SSSR count). The molecule has 1 aromatic carbocycles. The Morgan fingerprint density at radius 3 is 2.23 bits per heavy atom. The second kappa shape index (κ2) is 9.43. The molecular formula is C23H34N6O. The van der Waals surface area contributed by atoms with Gasteiger partial charge in [-0.3, -0.25) is 4.90 Å². The van der Waals surface area contributed by atoms with Gasteiger partial charge in [0, 0.05) is 36.8 Å². The number of aromatic nitrogens is 4. The van der Waals surface area contributed by atoms with Crippen molar-refractivity contribution in [1.29, 1.82) is 0 Å². The van der Waals surface area contributed by atoms with Crippen LogP contribution in [0.3, 0.4) is 0 Å². The number of nitrogens with one attached hydrogen (secondary N) is 1. The summed E-state index contributed by atoms with van der Waals surface area (Å²) in [6, 6.07) is 9.08. The summed E-state index contributed by atoms with van der Waals surface area (Å²) in [5.41, 5.74) is 2.60. The molecule has 0 fully saturated rings. The predicted molar refractivity (Wildman–Crippen MR) is 123 cm³/mol. The van der Waals surface area contributed by atoms with E-state index in [4.69, 9.17) is 14.7 Å². The van der Waals surface area contributed by atoms with Gasteiger partial charge in [0.1, 0.15) is 11.3 Å². The van der Waals surface area contributed by atoms with Gasteiger partial charge in [-0.15, -0.1) is 0 Å². The van der Waals surface area contributed by atoms with Crippen LogP contribution < -0.4 is 10.1 Å². The molecule has 0 saturated carbocycles. The van der Waals surface area contributed by atoms with Crippen molar-refractivity contribution in [1.82, 2.24) is 24.4 Å². The zero-order valence-electron chi connectivity index (χ0n) is 19.2. The molecule has 2 heterocycles. The second-order valence-electron chi connectivity index (χ2n) is 8.39. The zero-order chi connectivity index (χ0) is 21.8. The molecule has 0 spiro atoms. The van der Waals surface area contributed by atoms with Crippen LogP contribution in [0.4, 0.5) is 5.82 Å². The van der Waals surface area contributed by atoms with Gasteiger partial charge in [0.15, 0.2) is 17.3 Å². The van der Waals surface area contributed by atoms with Crippen LogP contribution in [0.2, 0.25) is 0 Å². The van der Waals surface area contributed by atoms with Crippen molar-refractivity contribution < 1.29 is 4.74 Å². The molecule has 0 aliphatic heterocycles. The highest BCUT2D eigenvalue weighted by molar-refractivity contribution is 5.85. The monoisotopic (exact) mass is 410 g/mol. The number of nitrogens with zero attached hydrogens (tertiary/aromatic N) is 5. The van der Waals surface area contributed by atoms with Crippen LogP contribution in [0.5, 0.6) is 5.75 Å². The second-order valence-corrected chi connectivity index (χ2v) is 8.39. The molecule has 0 unspecified atom stereocenters. The van der Waals surface area contributed by atoms with Gasteiger partial charge in [-0.1, -0.05) is 0 Å². The fourth-order valence-electron chi connectivity index (χ4n) is 3.70. The van der Waals surface area contributed by atoms with Crippen molar-refractivity contribution >= 4 is 17.0 Å². The van der Waals surface area contributed by atoms with Crippen LogP contribution >= 0.6 is 0 Å². The summed E-state index contributed by atoms with van der Waals surface area (Å²) in [4.78, 5) is 16.7. The van der Waals surface area contributed by atoms with Gasteiger partial charge in [-0.2, -0.15) is 0 Å². The Morgan fingerprint density at radius 1 is 1.00 bits per heavy atom. The first kappa shape index (κ1) is 22.0. The van der Waals surface area contributed by atoms with Gasteiger partial charge in [0.05, 0.1) is 13.4 Å². The van der Waals surface area contributed by atoms with Crippen molar-refractivity contribution in [3.63, 3.8) is 0 Å². The van der Waals surface area contributed by atoms with Gasteiger partial charge in [-0.05, 0) is 65.8 Å². The lowest BCUT2D eigenvalue weighted by Gasteiger charge is -2.30. The maximum absolute atomic E-state index is 5.28. The molecule has 0 amide bonds. The first-order chi connectivity index (χ1) is 14.3. The highest BCUT2D eigenvalue weighted by atomic mass is 16.5. The van der Waals surface area contributed by atoms with Gasteiger partial charge in [0.2, 0.25) is 0 Å². The van der Waals surface area contributed by atoms with Crippen molar-refractivity contribution in [2.24, 2.45) is 0 Å². The summed E-state index contributed by atoms with van der Waals surface area (Å²) < 4.78 is 7.37. The smallest absolute Gasteiger partial charge is 0.166 e. The van der Waals surface area contributed by atoms with Gasteiger partial charge >= 0.3 is 0 Å². The van der Waals surface area contributed by atoms with Crippen molar-refractivity contribution in [2.45, 2.75) is 59.7 Å². The van der Waals surface area contributed by atoms with E-state index in [2.05, 4.69) is 61.3 Å². The minimum atomic E-state index is 0.263. The standard InChI is InChI=1S/C23H34N6O/c1-15(2)28(16(3)4)13-12-24-22-20-23(29(14-25-20)17(5)6)27-21(26-22)18-8-10-19(30-7)11-9-18/h8-11,14-17H,12-13H2,1-7H3,(H,24,26,27). The number of benzene rings is 1. The molecule has 0 aliphatic carbocycles. The first-order valence-electron chi connectivity index (χ1n) is 10.7. The van der Waals surface area contributed by atoms with Gasteiger partial charge in [-0.25, -0.2) is 15.0 Å². The maximum Gasteiger partial charge on any atom is 0.166 e. The van der Waals surface area contributed by atoms with Crippen molar-refractivity contribution in [3.8, 4) is 17.1 Å². The summed E-state index contributed by atoms with van der Waals surface area (Å²) in [6.45, 7) is 14.9. The Balaban J connectivity index is 1.95. The predicted octanol–water partition coefficient (Wildman–Crippen LogP) is 4.61. The molecular weight excluding hydrogens is 376 g/mol. The lowest BCUT2D eigenvalue weighted by atomic mass is 10.2. The molecule has 3 aromatic rings. The molecule has 162 valence electrons. The van der Waals surface area contributed by atoms with Gasteiger partial charge < -0.3 is 14.6 Å². The number of anilines is 1. The van der Waals surface area contributed by atoms with E-state index in [1.54, 1.807) is 7.11 Å². The zero-order valence-corrected chi connectivity index (χ0v) is 19.2. The molecule has 30 heavy (non-hydrogen) atoms. The molecule has 7 nitrogen and oxygen atoms in total. The molecule has 0 radical (unpaired) electrons. The summed E-state index contributed by atoms with van der Waals surface area (Å²) in [5.74, 6) is 2.27. The minimum Gasteiger partial charge on any atom is -0.497 e. The molecule has 1 N–H and O–H groups in total. The van der Waals surface area contributed by atoms with E-state index in [1.165, 1.54) is 0 Å². The SMILES string of the molecule is COc1ccc(-c2nc(NCCN(C(C)C)C(C)C)c3ncn(C(C)C)c3n2)cc1. The number of hydrogen-bond acceptors (Lipinski definition) is 6. The Bertz CT molecular complexity index is 954. The average Bonchev–Trinajstić information content (AvgIpc) is 3.15. The summed E-state index contributed by atoms with van der Waals surface area (Å²) >= 11 is 0. The normalized spacial score (nSPS) is 12.0. The quantitative estimate of drug-likeness (QED) is 0.555. The third-order valence-electron chi connectivity index (χ3n) is 5.32. The molecule has 7 heteroatoms. The number of hydrogen-bond donors (Lipinski definition) is 1. The highest BCUT2D eigenvalue weighted by Crippen LogP contribution is 2.27. The first-order valence-corrected chi connectivity index (χ1v) is 10.7. The Labute approximate surface area is 179 Å². The molecule has 0 saturated heterocycles. The highest BCUT2D eigenvalue weighted by Gasteiger charge is 2.17. The summed E-state index contributed by atoms with van der Waals surface area (Å²) in [7, 11) is 1.67. The van der Waals surface area contributed by atoms with E-state index in [1.807, 2.05) is 30.6 Å². The van der Waals surface area contributed by atoms with Crippen LogP contribution in [0.1, 0.15) is 47.6 Å². The topological polar surface area (TPSA) is 68.1 Å². The fraction of sp³-hybridized carbons (Fsp3) is 0.522. The van der Waals surface area contributed by atoms with Crippen LogP contribution in [-0.2, 0) is 0 Å². The van der Waals surface area contributed by atoms with E-state index in [-0.39, 0.29) is 6.04 Å². The van der Waals surface area contributed by atoms with Crippen LogP contribution in [-0.4, -0.2) is 56.7 Å². The van der Waals surface area contributed by atoms with E-state index in [0.717, 1.165) is 41.4 Å². The van der Waals surface area contributed by atoms with Gasteiger partial charge in [0.25, 0.3) is 0 Å². The van der Waals surface area contributed by atoms with E-state index >= 15 is 0 Å². The van der Waals surface area contributed by atoms with Crippen molar-refractivity contribution in [2.75, 3.05) is 25.5 Å². The molecule has 0 aliphatic rings. The number of ether oxygens (including phenoxy) is 1. The van der Waals surface area contributed by atoms with E-state index < -0.39 is 0 Å². The number of imidazole rings is 1. The number of fused-ring (bicyclic) bond motifs is 1. The van der Waals surface area contributed by atoms with Crippen LogP contribution in [0, 0.1) is 0 Å². The fourth-order valence-corrected chi connectivity index (χ4v) is 3.70. The third kappa shape index (κ3) is 4.73. The molecule has 2 aromatic heterocycles. The minimum absolute atomic E-state index is 0.263. The number of rotatable bonds is 9. The maximum atomic E-state index is 5.28. The largest absolute Gasteiger partial charge is 0.497 e. The Kier molecular flexibility index (Phi) is 6.92. The Morgan fingerprint density at radius 2 is 1.67 bits per heavy atom.